The molecule has 0 spiro atoms. The molecule has 1 N–H and O–H groups in total. The number of carbonyl (C=O) groups excluding carboxylic acids is 2. The van der Waals surface area contributed by atoms with Gasteiger partial charge in [-0.15, -0.1) is 12.3 Å². The zero-order chi connectivity index (χ0) is 25.3. The number of carbonyl (C=O) groups is 2. The topological polar surface area (TPSA) is 87.0 Å². The molecule has 1 unspecified atom stereocenters. The molecule has 0 bridgehead atoms. The molecule has 0 aliphatic carbocycles. The van der Waals surface area contributed by atoms with Gasteiger partial charge in [-0.2, -0.15) is 10.2 Å². The summed E-state index contributed by atoms with van der Waals surface area (Å²) in [7, 11) is 0. The minimum Gasteiger partial charge on any atom is -0.354 e. The molecule has 35 heavy (non-hydrogen) atoms. The molecule has 0 saturated heterocycles. The predicted molar refractivity (Wildman–Crippen MR) is 132 cm³/mol. The first-order chi connectivity index (χ1) is 16.9. The molecule has 2 aromatic rings. The van der Waals surface area contributed by atoms with Gasteiger partial charge in [0.1, 0.15) is 11.9 Å². The highest BCUT2D eigenvalue weighted by molar-refractivity contribution is 6.33. The Morgan fingerprint density at radius 1 is 1.23 bits per heavy atom. The fourth-order valence-corrected chi connectivity index (χ4v) is 4.08. The van der Waals surface area contributed by atoms with E-state index in [4.69, 9.17) is 18.0 Å². The Bertz CT molecular complexity index is 1100. The molecule has 3 rings (SSSR count). The third kappa shape index (κ3) is 7.33. The normalized spacial score (nSPS) is 14.1. The van der Waals surface area contributed by atoms with Crippen molar-refractivity contribution in [3.63, 3.8) is 0 Å². The Morgan fingerprint density at radius 2 is 1.97 bits per heavy atom. The molecule has 1 aliphatic heterocycles. The van der Waals surface area contributed by atoms with E-state index in [1.807, 2.05) is 19.1 Å². The van der Waals surface area contributed by atoms with Crippen LogP contribution in [0.1, 0.15) is 54.9 Å². The van der Waals surface area contributed by atoms with Crippen molar-refractivity contribution in [3.05, 3.63) is 64.7 Å². The first-order valence-corrected chi connectivity index (χ1v) is 12.1. The number of hydrogen-bond donors (Lipinski definition) is 1. The Kier molecular flexibility index (Phi) is 9.32. The molecule has 1 aromatic carbocycles. The average Bonchev–Trinajstić information content (AvgIpc) is 3.63. The monoisotopic (exact) mass is 497 g/mol. The van der Waals surface area contributed by atoms with E-state index in [0.717, 1.165) is 18.1 Å². The summed E-state index contributed by atoms with van der Waals surface area (Å²) < 4.78 is 13.7. The Hall–Kier alpha value is -3.31. The maximum absolute atomic E-state index is 13.7. The number of benzene rings is 1. The number of halogens is 2. The molecule has 7 nitrogen and oxygen atoms in total. The second-order valence-electron chi connectivity index (χ2n) is 8.46. The van der Waals surface area contributed by atoms with Crippen LogP contribution in [-0.2, 0) is 11.2 Å². The number of amides is 2. The minimum atomic E-state index is -0.772. The van der Waals surface area contributed by atoms with Gasteiger partial charge < -0.3 is 10.2 Å². The molecule has 0 saturated carbocycles. The van der Waals surface area contributed by atoms with Crippen molar-refractivity contribution >= 4 is 23.4 Å². The van der Waals surface area contributed by atoms with E-state index in [0.29, 0.717) is 38.6 Å². The van der Waals surface area contributed by atoms with Crippen LogP contribution in [0.15, 0.2) is 53.0 Å². The van der Waals surface area contributed by atoms with Gasteiger partial charge in [0, 0.05) is 44.7 Å². The molecule has 0 fully saturated rings. The Morgan fingerprint density at radius 3 is 2.60 bits per heavy atom. The van der Waals surface area contributed by atoms with Crippen LogP contribution in [0.2, 0.25) is 5.02 Å². The number of aromatic nitrogens is 1. The van der Waals surface area contributed by atoms with Crippen molar-refractivity contribution in [2.75, 3.05) is 13.1 Å². The number of nitrogens with zero attached hydrogens (tertiary/aromatic N) is 4. The van der Waals surface area contributed by atoms with Gasteiger partial charge in [-0.05, 0) is 55.2 Å². The summed E-state index contributed by atoms with van der Waals surface area (Å²) in [5.41, 5.74) is 0.498. The largest absolute Gasteiger partial charge is 0.354 e. The van der Waals surface area contributed by atoms with Crippen LogP contribution >= 0.6 is 11.6 Å². The third-order valence-corrected chi connectivity index (χ3v) is 6.22. The highest BCUT2D eigenvalue weighted by Gasteiger charge is 2.41. The summed E-state index contributed by atoms with van der Waals surface area (Å²) >= 11 is 6.23. The van der Waals surface area contributed by atoms with E-state index in [2.05, 4.69) is 26.4 Å². The highest BCUT2D eigenvalue weighted by atomic mass is 35.5. The van der Waals surface area contributed by atoms with Crippen LogP contribution in [0, 0.1) is 18.2 Å². The van der Waals surface area contributed by atoms with E-state index in [1.54, 1.807) is 12.4 Å². The van der Waals surface area contributed by atoms with Crippen LogP contribution in [-0.4, -0.2) is 46.5 Å². The second-order valence-corrected chi connectivity index (χ2v) is 8.87. The van der Waals surface area contributed by atoms with Gasteiger partial charge in [0.25, 0.3) is 5.91 Å². The fourth-order valence-electron chi connectivity index (χ4n) is 3.83. The van der Waals surface area contributed by atoms with Crippen molar-refractivity contribution in [2.24, 2.45) is 10.2 Å². The summed E-state index contributed by atoms with van der Waals surface area (Å²) in [6.45, 7) is 2.66. The van der Waals surface area contributed by atoms with Gasteiger partial charge in [0.05, 0.1) is 10.6 Å². The van der Waals surface area contributed by atoms with Crippen molar-refractivity contribution < 1.29 is 14.0 Å². The molecule has 1 aromatic heterocycles. The molecule has 9 heteroatoms. The first-order valence-electron chi connectivity index (χ1n) is 11.7. The first kappa shape index (κ1) is 26.3. The fraction of sp³-hybridized carbons (Fsp3) is 0.423. The summed E-state index contributed by atoms with van der Waals surface area (Å²) in [5.74, 6) is 1.34. The van der Waals surface area contributed by atoms with E-state index in [-0.39, 0.29) is 23.0 Å². The Balaban J connectivity index is 1.89. The molecule has 0 radical (unpaired) electrons. The number of aryl methyl sites for hydroxylation is 1. The zero-order valence-corrected chi connectivity index (χ0v) is 20.5. The second kappa shape index (κ2) is 12.4. The Labute approximate surface area is 210 Å². The number of pyridine rings is 1. The molecule has 1 atom stereocenters. The van der Waals surface area contributed by atoms with Crippen molar-refractivity contribution in [1.82, 2.24) is 15.2 Å². The van der Waals surface area contributed by atoms with Gasteiger partial charge in [-0.3, -0.25) is 14.6 Å². The van der Waals surface area contributed by atoms with Gasteiger partial charge in [0.15, 0.2) is 5.66 Å². The van der Waals surface area contributed by atoms with E-state index < -0.39 is 23.4 Å². The van der Waals surface area contributed by atoms with Crippen LogP contribution in [0.5, 0.6) is 0 Å². The highest BCUT2D eigenvalue weighted by Crippen LogP contribution is 2.37. The van der Waals surface area contributed by atoms with E-state index in [9.17, 15) is 14.0 Å². The zero-order valence-electron chi connectivity index (χ0n) is 19.7. The summed E-state index contributed by atoms with van der Waals surface area (Å²) in [4.78, 5) is 32.5. The van der Waals surface area contributed by atoms with Gasteiger partial charge in [0.2, 0.25) is 5.91 Å². The summed E-state index contributed by atoms with van der Waals surface area (Å²) in [6.07, 6.45) is 12.0. The quantitative estimate of drug-likeness (QED) is 0.403. The molecular weight excluding hydrogens is 469 g/mol. The van der Waals surface area contributed by atoms with Crippen molar-refractivity contribution in [2.45, 2.75) is 57.2 Å². The lowest BCUT2D eigenvalue weighted by molar-refractivity contribution is -0.126. The van der Waals surface area contributed by atoms with Gasteiger partial charge >= 0.3 is 0 Å². The molecular formula is C26H29ClFN5O2. The van der Waals surface area contributed by atoms with Gasteiger partial charge in [-0.25, -0.2) is 4.39 Å². The number of terminal acetylenes is 1. The van der Waals surface area contributed by atoms with E-state index >= 15 is 0 Å². The minimum absolute atomic E-state index is 0.00954. The lowest BCUT2D eigenvalue weighted by Crippen LogP contribution is -2.51. The average molecular weight is 498 g/mol. The smallest absolute Gasteiger partial charge is 0.256 e. The molecule has 184 valence electrons. The van der Waals surface area contributed by atoms with Crippen LogP contribution < -0.4 is 5.32 Å². The lowest BCUT2D eigenvalue weighted by Gasteiger charge is -2.32. The third-order valence-electron chi connectivity index (χ3n) is 5.91. The summed E-state index contributed by atoms with van der Waals surface area (Å²) in [6, 6.07) is 6.60. The standard InChI is InChI=1S/C26H29ClFN5O2/c1-3-5-12-26(31-32-26)13-17-33(25(35)21-8-7-20(28)18-22(21)27)23(24(34)30-14-4-2)9-6-19-10-15-29-16-11-19/h1,7-8,10-11,15-16,18,23H,4-6,9,12-14,17H2,2H3,(H,30,34). The van der Waals surface area contributed by atoms with Crippen molar-refractivity contribution in [1.29, 1.82) is 0 Å². The predicted octanol–water partition coefficient (Wildman–Crippen LogP) is 4.81. The lowest BCUT2D eigenvalue weighted by atomic mass is 10.00. The van der Waals surface area contributed by atoms with Gasteiger partial charge in [-0.1, -0.05) is 18.5 Å². The number of nitrogens with one attached hydrogen (secondary N) is 1. The maximum Gasteiger partial charge on any atom is 0.256 e. The molecule has 1 aliphatic rings. The van der Waals surface area contributed by atoms with Crippen LogP contribution in [0.3, 0.4) is 0 Å². The summed E-state index contributed by atoms with van der Waals surface area (Å²) in [5, 5.41) is 11.2. The van der Waals surface area contributed by atoms with E-state index in [1.165, 1.54) is 17.0 Å². The van der Waals surface area contributed by atoms with Crippen molar-refractivity contribution in [3.8, 4) is 12.3 Å². The molecule has 2 amide bonds. The maximum atomic E-state index is 13.7. The van der Waals surface area contributed by atoms with Crippen LogP contribution in [0.4, 0.5) is 4.39 Å². The molecule has 2 heterocycles. The number of hydrogen-bond acceptors (Lipinski definition) is 5. The van der Waals surface area contributed by atoms with Crippen LogP contribution in [0.25, 0.3) is 0 Å². The SMILES string of the molecule is C#CCCC1(CCN(C(=O)c2ccc(F)cc2Cl)C(CCc2ccncc2)C(=O)NCCC)N=N1. The number of rotatable bonds is 13.